The topological polar surface area (TPSA) is 35.8 Å². The van der Waals surface area contributed by atoms with E-state index in [1.165, 1.54) is 12.1 Å². The minimum atomic E-state index is -4.40. The Bertz CT molecular complexity index is 420. The summed E-state index contributed by atoms with van der Waals surface area (Å²) in [4.78, 5) is -0.172. The minimum absolute atomic E-state index is 0.149. The van der Waals surface area contributed by atoms with Gasteiger partial charge in [-0.3, -0.25) is 0 Å². The van der Waals surface area contributed by atoms with Gasteiger partial charge in [0.05, 0.1) is 5.56 Å². The zero-order chi connectivity index (χ0) is 11.5. The predicted molar refractivity (Wildman–Crippen MR) is 53.3 cm³/mol. The fourth-order valence-electron chi connectivity index (χ4n) is 0.932. The Kier molecular flexibility index (Phi) is 3.27. The quantitative estimate of drug-likeness (QED) is 0.753. The summed E-state index contributed by atoms with van der Waals surface area (Å²) >= 11 is 4.52. The highest BCUT2D eigenvalue weighted by Crippen LogP contribution is 2.30. The van der Waals surface area contributed by atoms with Gasteiger partial charge >= 0.3 is 6.18 Å². The number of nitrogens with one attached hydrogen (secondary N) is 1. The molecule has 0 aromatic heterocycles. The maximum atomic E-state index is 12.3. The van der Waals surface area contributed by atoms with E-state index in [0.29, 0.717) is 0 Å². The van der Waals surface area contributed by atoms with E-state index < -0.39 is 11.7 Å². The van der Waals surface area contributed by atoms with E-state index in [1.54, 1.807) is 6.07 Å². The van der Waals surface area contributed by atoms with E-state index in [2.05, 4.69) is 17.5 Å². The lowest BCUT2D eigenvalue weighted by atomic mass is 10.2. The molecule has 0 spiro atoms. The summed E-state index contributed by atoms with van der Waals surface area (Å²) in [6.07, 6.45) is -4.40. The lowest BCUT2D eigenvalue weighted by molar-refractivity contribution is -0.137. The van der Waals surface area contributed by atoms with Gasteiger partial charge in [-0.25, -0.2) is 0 Å². The molecule has 0 saturated carbocycles. The van der Waals surface area contributed by atoms with Gasteiger partial charge in [-0.1, -0.05) is 6.07 Å². The Balaban J connectivity index is 2.94. The van der Waals surface area contributed by atoms with E-state index in [0.717, 1.165) is 12.1 Å². The normalized spacial score (nSPS) is 10.5. The number of rotatable bonds is 1. The van der Waals surface area contributed by atoms with Crippen molar-refractivity contribution in [2.45, 2.75) is 6.18 Å². The van der Waals surface area contributed by atoms with E-state index in [4.69, 9.17) is 5.26 Å². The maximum Gasteiger partial charge on any atom is 0.416 e. The first-order valence-electron chi connectivity index (χ1n) is 3.82. The van der Waals surface area contributed by atoms with Crippen LogP contribution in [0, 0.1) is 11.3 Å². The number of hydrogen-bond acceptors (Lipinski definition) is 2. The summed E-state index contributed by atoms with van der Waals surface area (Å²) in [5, 5.41) is 10.7. The SMILES string of the molecule is N#CC(=S)Nc1cccc(C(F)(F)F)c1. The molecular formula is C9H5F3N2S. The number of anilines is 1. The third-order valence-corrected chi connectivity index (χ3v) is 1.74. The monoisotopic (exact) mass is 230 g/mol. The number of alkyl halides is 3. The van der Waals surface area contributed by atoms with Crippen molar-refractivity contribution >= 4 is 22.9 Å². The van der Waals surface area contributed by atoms with Crippen molar-refractivity contribution in [3.8, 4) is 6.07 Å². The van der Waals surface area contributed by atoms with Crippen LogP contribution >= 0.6 is 12.2 Å². The molecule has 0 aliphatic heterocycles. The molecule has 1 rings (SSSR count). The fraction of sp³-hybridized carbons (Fsp3) is 0.111. The summed E-state index contributed by atoms with van der Waals surface area (Å²) in [6, 6.07) is 6.09. The first-order chi connectivity index (χ1) is 6.93. The molecule has 1 aromatic carbocycles. The first-order valence-corrected chi connectivity index (χ1v) is 4.22. The van der Waals surface area contributed by atoms with Crippen molar-refractivity contribution in [2.75, 3.05) is 5.32 Å². The highest BCUT2D eigenvalue weighted by Gasteiger charge is 2.30. The molecule has 0 aliphatic carbocycles. The molecule has 0 radical (unpaired) electrons. The lowest BCUT2D eigenvalue weighted by Crippen LogP contribution is -2.08. The molecule has 0 fully saturated rings. The number of benzene rings is 1. The van der Waals surface area contributed by atoms with Crippen molar-refractivity contribution in [1.82, 2.24) is 0 Å². The number of thiocarbonyl (C=S) groups is 1. The van der Waals surface area contributed by atoms with Crippen LogP contribution in [0.4, 0.5) is 18.9 Å². The number of hydrogen-bond donors (Lipinski definition) is 1. The Morgan fingerprint density at radius 2 is 2.07 bits per heavy atom. The maximum absolute atomic E-state index is 12.3. The highest BCUT2D eigenvalue weighted by atomic mass is 32.1. The molecule has 1 N–H and O–H groups in total. The second kappa shape index (κ2) is 4.28. The van der Waals surface area contributed by atoms with Crippen LogP contribution in [-0.4, -0.2) is 4.99 Å². The zero-order valence-electron chi connectivity index (χ0n) is 7.30. The number of halogens is 3. The van der Waals surface area contributed by atoms with Gasteiger partial charge in [-0.15, -0.1) is 0 Å². The zero-order valence-corrected chi connectivity index (χ0v) is 8.12. The summed E-state index contributed by atoms with van der Waals surface area (Å²) in [5.74, 6) is 0. The van der Waals surface area contributed by atoms with Gasteiger partial charge in [0.1, 0.15) is 6.07 Å². The fourth-order valence-corrected chi connectivity index (χ4v) is 1.05. The first kappa shape index (κ1) is 11.5. The average Bonchev–Trinajstić information content (AvgIpc) is 2.17. The smallest absolute Gasteiger partial charge is 0.338 e. The molecule has 0 bridgehead atoms. The second-order valence-electron chi connectivity index (χ2n) is 2.64. The van der Waals surface area contributed by atoms with Gasteiger partial charge < -0.3 is 5.32 Å². The van der Waals surface area contributed by atoms with Crippen LogP contribution in [0.25, 0.3) is 0 Å². The van der Waals surface area contributed by atoms with E-state index in [9.17, 15) is 13.2 Å². The molecule has 0 saturated heterocycles. The van der Waals surface area contributed by atoms with Gasteiger partial charge in [0.25, 0.3) is 0 Å². The number of nitrogens with zero attached hydrogens (tertiary/aromatic N) is 1. The van der Waals surface area contributed by atoms with Crippen LogP contribution in [0.3, 0.4) is 0 Å². The lowest BCUT2D eigenvalue weighted by Gasteiger charge is -2.08. The Hall–Kier alpha value is -1.61. The molecule has 2 nitrogen and oxygen atoms in total. The Morgan fingerprint density at radius 3 is 2.60 bits per heavy atom. The summed E-state index contributed by atoms with van der Waals surface area (Å²) in [6.45, 7) is 0. The van der Waals surface area contributed by atoms with E-state index in [1.807, 2.05) is 0 Å². The Morgan fingerprint density at radius 1 is 1.40 bits per heavy atom. The second-order valence-corrected chi connectivity index (χ2v) is 3.05. The number of nitriles is 1. The molecule has 15 heavy (non-hydrogen) atoms. The van der Waals surface area contributed by atoms with Crippen LogP contribution < -0.4 is 5.32 Å². The van der Waals surface area contributed by atoms with Gasteiger partial charge in [-0.05, 0) is 30.4 Å². The van der Waals surface area contributed by atoms with Crippen LogP contribution in [0.2, 0.25) is 0 Å². The average molecular weight is 230 g/mol. The van der Waals surface area contributed by atoms with Gasteiger partial charge in [0, 0.05) is 5.69 Å². The van der Waals surface area contributed by atoms with Crippen molar-refractivity contribution in [3.63, 3.8) is 0 Å². The summed E-state index contributed by atoms with van der Waals surface area (Å²) < 4.78 is 36.8. The summed E-state index contributed by atoms with van der Waals surface area (Å²) in [5.41, 5.74) is -0.635. The largest absolute Gasteiger partial charge is 0.416 e. The Labute approximate surface area is 89.3 Å². The van der Waals surface area contributed by atoms with Crippen molar-refractivity contribution < 1.29 is 13.2 Å². The molecule has 0 amide bonds. The van der Waals surface area contributed by atoms with E-state index >= 15 is 0 Å². The third kappa shape index (κ3) is 3.22. The molecule has 0 atom stereocenters. The molecule has 0 aliphatic rings. The van der Waals surface area contributed by atoms with Gasteiger partial charge in [0.2, 0.25) is 0 Å². The molecule has 78 valence electrons. The van der Waals surface area contributed by atoms with Crippen LogP contribution in [0.1, 0.15) is 5.56 Å². The summed E-state index contributed by atoms with van der Waals surface area (Å²) in [7, 11) is 0. The van der Waals surface area contributed by atoms with Crippen LogP contribution in [0.5, 0.6) is 0 Å². The van der Waals surface area contributed by atoms with Crippen LogP contribution in [-0.2, 0) is 6.18 Å². The van der Waals surface area contributed by atoms with Gasteiger partial charge in [-0.2, -0.15) is 18.4 Å². The van der Waals surface area contributed by atoms with Crippen molar-refractivity contribution in [3.05, 3.63) is 29.8 Å². The highest BCUT2D eigenvalue weighted by molar-refractivity contribution is 7.81. The third-order valence-electron chi connectivity index (χ3n) is 1.55. The predicted octanol–water partition coefficient (Wildman–Crippen LogP) is 2.97. The minimum Gasteiger partial charge on any atom is -0.338 e. The van der Waals surface area contributed by atoms with E-state index in [-0.39, 0.29) is 10.7 Å². The molecule has 0 heterocycles. The van der Waals surface area contributed by atoms with Crippen LogP contribution in [0.15, 0.2) is 24.3 Å². The molecule has 6 heteroatoms. The molecule has 0 unspecified atom stereocenters. The van der Waals surface area contributed by atoms with Crippen molar-refractivity contribution in [2.24, 2.45) is 0 Å². The standard InChI is InChI=1S/C9H5F3N2S/c10-9(11,12)6-2-1-3-7(4-6)14-8(15)5-13/h1-4H,(H,14,15). The molecule has 1 aromatic rings. The van der Waals surface area contributed by atoms with Crippen molar-refractivity contribution in [1.29, 1.82) is 5.26 Å². The van der Waals surface area contributed by atoms with Gasteiger partial charge in [0.15, 0.2) is 4.99 Å². The molecular weight excluding hydrogens is 225 g/mol.